The second-order valence-corrected chi connectivity index (χ2v) is 8.92. The number of benzene rings is 2. The molecule has 1 aliphatic heterocycles. The number of hydrogen-bond donors (Lipinski definition) is 4. The molecule has 1 fully saturated rings. The molecule has 0 aliphatic carbocycles. The molecule has 1 aliphatic rings. The maximum Gasteiger partial charge on any atom is 0.243 e. The van der Waals surface area contributed by atoms with E-state index in [9.17, 15) is 14.7 Å². The topological polar surface area (TPSA) is 120 Å². The fraction of sp³-hybridized carbons (Fsp3) is 0.407. The largest absolute Gasteiger partial charge is 0.392 e. The van der Waals surface area contributed by atoms with Crippen LogP contribution in [0.5, 0.6) is 0 Å². The van der Waals surface area contributed by atoms with Gasteiger partial charge in [0.05, 0.1) is 18.8 Å². The summed E-state index contributed by atoms with van der Waals surface area (Å²) in [6.45, 7) is 5.23. The van der Waals surface area contributed by atoms with Gasteiger partial charge in [-0.2, -0.15) is 0 Å². The van der Waals surface area contributed by atoms with E-state index in [-0.39, 0.29) is 37.6 Å². The first kappa shape index (κ1) is 27.5. The average Bonchev–Trinajstić information content (AvgIpc) is 2.88. The summed E-state index contributed by atoms with van der Waals surface area (Å²) in [5.41, 5.74) is 4.78. The Balaban J connectivity index is 1.72. The summed E-state index contributed by atoms with van der Waals surface area (Å²) in [4.78, 5) is 25.6. The van der Waals surface area contributed by atoms with Crippen LogP contribution in [0.2, 0.25) is 0 Å². The number of amides is 2. The number of aliphatic hydroxyl groups excluding tert-OH is 1. The Kier molecular flexibility index (Phi) is 10.6. The van der Waals surface area contributed by atoms with Gasteiger partial charge in [-0.25, -0.2) is 5.48 Å². The van der Waals surface area contributed by atoms with Crippen molar-refractivity contribution in [1.29, 1.82) is 0 Å². The first-order chi connectivity index (χ1) is 17.4. The molecule has 1 saturated heterocycles. The van der Waals surface area contributed by atoms with E-state index in [1.54, 1.807) is 11.5 Å². The second-order valence-electron chi connectivity index (χ2n) is 8.92. The number of anilines is 1. The molecular formula is C27H35N3O6. The van der Waals surface area contributed by atoms with E-state index in [0.29, 0.717) is 25.1 Å². The number of ether oxygens (including phenoxy) is 2. The third-order valence-corrected chi connectivity index (χ3v) is 5.95. The van der Waals surface area contributed by atoms with Crippen LogP contribution in [0.25, 0.3) is 0 Å². The highest BCUT2D eigenvalue weighted by Gasteiger charge is 2.32. The van der Waals surface area contributed by atoms with Gasteiger partial charge in [-0.1, -0.05) is 42.5 Å². The summed E-state index contributed by atoms with van der Waals surface area (Å²) in [5, 5.41) is 20.8. The van der Waals surface area contributed by atoms with Crippen LogP contribution < -0.4 is 10.8 Å². The zero-order valence-electron chi connectivity index (χ0n) is 20.6. The van der Waals surface area contributed by atoms with Crippen LogP contribution in [0.15, 0.2) is 61.2 Å². The molecule has 3 atom stereocenters. The zero-order valence-corrected chi connectivity index (χ0v) is 20.6. The monoisotopic (exact) mass is 497 g/mol. The lowest BCUT2D eigenvalue weighted by Crippen LogP contribution is -2.37. The molecule has 194 valence electrons. The summed E-state index contributed by atoms with van der Waals surface area (Å²) in [6, 6.07) is 15.1. The third-order valence-electron chi connectivity index (χ3n) is 5.95. The molecule has 9 heteroatoms. The van der Waals surface area contributed by atoms with Gasteiger partial charge in [0.1, 0.15) is 0 Å². The van der Waals surface area contributed by atoms with Crippen molar-refractivity contribution in [2.75, 3.05) is 25.5 Å². The number of carbonyl (C=O) groups is 2. The molecule has 4 N–H and O–H groups in total. The molecule has 0 aromatic heterocycles. The van der Waals surface area contributed by atoms with Gasteiger partial charge >= 0.3 is 0 Å². The van der Waals surface area contributed by atoms with E-state index in [1.165, 1.54) is 0 Å². The smallest absolute Gasteiger partial charge is 0.243 e. The fourth-order valence-corrected chi connectivity index (χ4v) is 4.13. The molecular weight excluding hydrogens is 462 g/mol. The van der Waals surface area contributed by atoms with Crippen LogP contribution in [0.3, 0.4) is 0 Å². The van der Waals surface area contributed by atoms with Crippen LogP contribution in [0.1, 0.15) is 54.8 Å². The lowest BCUT2D eigenvalue weighted by Gasteiger charge is -2.37. The van der Waals surface area contributed by atoms with Gasteiger partial charge in [0.15, 0.2) is 6.29 Å². The van der Waals surface area contributed by atoms with Gasteiger partial charge in [-0.3, -0.25) is 14.8 Å². The van der Waals surface area contributed by atoms with E-state index in [1.807, 2.05) is 55.6 Å². The highest BCUT2D eigenvalue weighted by Crippen LogP contribution is 2.38. The molecule has 9 nitrogen and oxygen atoms in total. The summed E-state index contributed by atoms with van der Waals surface area (Å²) >= 11 is 0. The van der Waals surface area contributed by atoms with Crippen molar-refractivity contribution in [3.05, 3.63) is 77.9 Å². The standard InChI is InChI=1S/C27H35N3O6/c1-3-14-30(2)17-23-16-24(20-12-10-19(18-31)11-13-20)36-27(35-23)21-6-4-7-22(15-21)28-25(32)8-5-9-26(33)29-34/h3-4,6-7,10-13,15,23-24,27,31,34H,1,5,8-9,14,16-18H2,2H3,(H,28,32)(H,29,33). The summed E-state index contributed by atoms with van der Waals surface area (Å²) in [6.07, 6.45) is 2.14. The Morgan fingerprint density at radius 2 is 1.86 bits per heavy atom. The molecule has 1 heterocycles. The van der Waals surface area contributed by atoms with Crippen molar-refractivity contribution in [3.8, 4) is 0 Å². The molecule has 2 aromatic carbocycles. The summed E-state index contributed by atoms with van der Waals surface area (Å²) in [7, 11) is 2.01. The van der Waals surface area contributed by atoms with Gasteiger partial charge in [0.25, 0.3) is 0 Å². The van der Waals surface area contributed by atoms with Crippen molar-refractivity contribution >= 4 is 17.5 Å². The van der Waals surface area contributed by atoms with Crippen molar-refractivity contribution in [3.63, 3.8) is 0 Å². The predicted octanol–water partition coefficient (Wildman–Crippen LogP) is 3.46. The molecule has 0 bridgehead atoms. The first-order valence-corrected chi connectivity index (χ1v) is 12.0. The van der Waals surface area contributed by atoms with Crippen LogP contribution >= 0.6 is 0 Å². The van der Waals surface area contributed by atoms with Crippen molar-refractivity contribution in [2.45, 2.75) is 50.8 Å². The van der Waals surface area contributed by atoms with Crippen LogP contribution in [0, 0.1) is 0 Å². The minimum absolute atomic E-state index is 0.0142. The maximum absolute atomic E-state index is 12.3. The number of hydroxylamine groups is 1. The molecule has 0 spiro atoms. The Morgan fingerprint density at radius 3 is 2.56 bits per heavy atom. The van der Waals surface area contributed by atoms with Gasteiger partial charge in [-0.15, -0.1) is 6.58 Å². The van der Waals surface area contributed by atoms with Crippen molar-refractivity contribution < 1.29 is 29.4 Å². The van der Waals surface area contributed by atoms with Crippen molar-refractivity contribution in [1.82, 2.24) is 10.4 Å². The number of rotatable bonds is 12. The lowest BCUT2D eigenvalue weighted by atomic mass is 9.99. The molecule has 0 saturated carbocycles. The van der Waals surface area contributed by atoms with E-state index in [0.717, 1.165) is 23.2 Å². The molecule has 2 aromatic rings. The summed E-state index contributed by atoms with van der Waals surface area (Å²) < 4.78 is 12.7. The number of nitrogens with one attached hydrogen (secondary N) is 2. The molecule has 2 amide bonds. The third kappa shape index (κ3) is 8.25. The molecule has 3 unspecified atom stereocenters. The van der Waals surface area contributed by atoms with E-state index in [2.05, 4.69) is 16.8 Å². The van der Waals surface area contributed by atoms with Crippen molar-refractivity contribution in [2.24, 2.45) is 0 Å². The fourth-order valence-electron chi connectivity index (χ4n) is 4.13. The van der Waals surface area contributed by atoms with E-state index >= 15 is 0 Å². The number of likely N-dealkylation sites (N-methyl/N-ethyl adjacent to an activating group) is 1. The van der Waals surface area contributed by atoms with E-state index < -0.39 is 12.2 Å². The zero-order chi connectivity index (χ0) is 25.9. The number of carbonyl (C=O) groups excluding carboxylic acids is 2. The quantitative estimate of drug-likeness (QED) is 0.201. The number of hydrogen-bond acceptors (Lipinski definition) is 7. The first-order valence-electron chi connectivity index (χ1n) is 12.0. The van der Waals surface area contributed by atoms with Gasteiger partial charge in [0.2, 0.25) is 11.8 Å². The Morgan fingerprint density at radius 1 is 1.11 bits per heavy atom. The Hall–Kier alpha value is -3.08. The second kappa shape index (κ2) is 13.9. The highest BCUT2D eigenvalue weighted by atomic mass is 16.7. The lowest BCUT2D eigenvalue weighted by molar-refractivity contribution is -0.252. The highest BCUT2D eigenvalue weighted by molar-refractivity contribution is 5.91. The normalized spacial score (nSPS) is 19.6. The van der Waals surface area contributed by atoms with Crippen LogP contribution in [0.4, 0.5) is 5.69 Å². The Labute approximate surface area is 211 Å². The van der Waals surface area contributed by atoms with Crippen LogP contribution in [-0.2, 0) is 25.7 Å². The summed E-state index contributed by atoms with van der Waals surface area (Å²) in [5.74, 6) is -0.751. The van der Waals surface area contributed by atoms with Gasteiger partial charge < -0.3 is 24.8 Å². The SMILES string of the molecule is C=CCN(C)CC1CC(c2ccc(CO)cc2)OC(c2cccc(NC(=O)CCCC(=O)NO)c2)O1. The Bertz CT molecular complexity index is 1010. The minimum atomic E-state index is -0.631. The molecule has 3 rings (SSSR count). The van der Waals surface area contributed by atoms with Gasteiger partial charge in [0, 0.05) is 43.6 Å². The number of aliphatic hydroxyl groups is 1. The number of nitrogens with zero attached hydrogens (tertiary/aromatic N) is 1. The predicted molar refractivity (Wildman–Crippen MR) is 135 cm³/mol. The maximum atomic E-state index is 12.3. The minimum Gasteiger partial charge on any atom is -0.392 e. The van der Waals surface area contributed by atoms with Crippen LogP contribution in [-0.4, -0.2) is 53.3 Å². The molecule has 0 radical (unpaired) electrons. The van der Waals surface area contributed by atoms with Gasteiger partial charge in [-0.05, 0) is 36.7 Å². The average molecular weight is 498 g/mol. The van der Waals surface area contributed by atoms with E-state index in [4.69, 9.17) is 14.7 Å². The molecule has 36 heavy (non-hydrogen) atoms.